The largest absolute Gasteiger partial charge is 0.325 e. The number of amides is 1. The second-order valence-electron chi connectivity index (χ2n) is 4.44. The Kier molecular flexibility index (Phi) is 5.03. The van der Waals surface area contributed by atoms with Crippen molar-refractivity contribution < 1.29 is 4.79 Å². The van der Waals surface area contributed by atoms with Crippen molar-refractivity contribution in [1.82, 2.24) is 9.97 Å². The van der Waals surface area contributed by atoms with Crippen LogP contribution in [0, 0.1) is 13.8 Å². The highest BCUT2D eigenvalue weighted by Gasteiger charge is 2.08. The fourth-order valence-corrected chi connectivity index (χ4v) is 2.58. The van der Waals surface area contributed by atoms with E-state index in [1.54, 1.807) is 25.1 Å². The van der Waals surface area contributed by atoms with Crippen LogP contribution in [-0.2, 0) is 4.79 Å². The van der Waals surface area contributed by atoms with E-state index >= 15 is 0 Å². The van der Waals surface area contributed by atoms with Crippen LogP contribution in [0.5, 0.6) is 0 Å². The molecular formula is C14H14ClN3O2S. The van der Waals surface area contributed by atoms with Crippen molar-refractivity contribution in [3.05, 3.63) is 50.9 Å². The lowest BCUT2D eigenvalue weighted by Crippen LogP contribution is -2.16. The second-order valence-corrected chi connectivity index (χ2v) is 5.81. The molecule has 2 N–H and O–H groups in total. The predicted molar refractivity (Wildman–Crippen MR) is 85.1 cm³/mol. The molecule has 0 fully saturated rings. The van der Waals surface area contributed by atoms with Gasteiger partial charge in [-0.05, 0) is 31.5 Å². The van der Waals surface area contributed by atoms with Gasteiger partial charge in [-0.3, -0.25) is 9.59 Å². The average Bonchev–Trinajstić information content (AvgIpc) is 2.41. The highest BCUT2D eigenvalue weighted by Crippen LogP contribution is 2.23. The van der Waals surface area contributed by atoms with E-state index < -0.39 is 0 Å². The number of aromatic nitrogens is 2. The summed E-state index contributed by atoms with van der Waals surface area (Å²) in [6.45, 7) is 3.57. The van der Waals surface area contributed by atoms with E-state index in [9.17, 15) is 9.59 Å². The smallest absolute Gasteiger partial charge is 0.251 e. The molecule has 5 nitrogen and oxygen atoms in total. The number of hydrogen-bond acceptors (Lipinski definition) is 4. The molecule has 0 aliphatic carbocycles. The molecule has 0 spiro atoms. The molecule has 0 radical (unpaired) electrons. The summed E-state index contributed by atoms with van der Waals surface area (Å²) >= 11 is 7.17. The monoisotopic (exact) mass is 323 g/mol. The summed E-state index contributed by atoms with van der Waals surface area (Å²) in [5.41, 5.74) is 1.89. The number of rotatable bonds is 4. The first-order valence-electron chi connectivity index (χ1n) is 6.21. The molecule has 1 amide bonds. The summed E-state index contributed by atoms with van der Waals surface area (Å²) in [5.74, 6) is -0.0345. The number of carbonyl (C=O) groups excluding carboxylic acids is 1. The third-order valence-corrected chi connectivity index (χ3v) is 4.01. The molecule has 1 aromatic heterocycles. The molecule has 1 heterocycles. The van der Waals surface area contributed by atoms with Crippen LogP contribution < -0.4 is 10.9 Å². The lowest BCUT2D eigenvalue weighted by Gasteiger charge is -2.09. The van der Waals surface area contributed by atoms with E-state index in [-0.39, 0.29) is 17.2 Å². The van der Waals surface area contributed by atoms with Crippen LogP contribution in [0.15, 0.2) is 34.2 Å². The number of benzene rings is 1. The molecule has 0 unspecified atom stereocenters. The lowest BCUT2D eigenvalue weighted by molar-refractivity contribution is -0.113. The first-order chi connectivity index (χ1) is 9.95. The number of aromatic amines is 1. The highest BCUT2D eigenvalue weighted by molar-refractivity contribution is 7.99. The fraction of sp³-hybridized carbons (Fsp3) is 0.214. The second kappa shape index (κ2) is 6.78. The van der Waals surface area contributed by atoms with Crippen molar-refractivity contribution in [3.63, 3.8) is 0 Å². The number of anilines is 1. The molecule has 2 aromatic rings. The summed E-state index contributed by atoms with van der Waals surface area (Å²) in [7, 11) is 0. The summed E-state index contributed by atoms with van der Waals surface area (Å²) in [5, 5.41) is 3.82. The number of H-pyrrole nitrogens is 1. The van der Waals surface area contributed by atoms with Gasteiger partial charge in [-0.15, -0.1) is 0 Å². The van der Waals surface area contributed by atoms with Crippen molar-refractivity contribution in [3.8, 4) is 0 Å². The maximum atomic E-state index is 11.9. The van der Waals surface area contributed by atoms with Gasteiger partial charge in [0.25, 0.3) is 5.56 Å². The summed E-state index contributed by atoms with van der Waals surface area (Å²) in [4.78, 5) is 30.0. The molecule has 0 bridgehead atoms. The maximum absolute atomic E-state index is 11.9. The fourth-order valence-electron chi connectivity index (χ4n) is 1.68. The summed E-state index contributed by atoms with van der Waals surface area (Å²) in [6, 6.07) is 6.73. The average molecular weight is 324 g/mol. The molecule has 21 heavy (non-hydrogen) atoms. The van der Waals surface area contributed by atoms with Crippen LogP contribution in [0.1, 0.15) is 11.3 Å². The molecule has 7 heteroatoms. The van der Waals surface area contributed by atoms with E-state index in [2.05, 4.69) is 15.3 Å². The van der Waals surface area contributed by atoms with Crippen molar-refractivity contribution in [2.75, 3.05) is 11.1 Å². The van der Waals surface area contributed by atoms with Crippen molar-refractivity contribution in [1.29, 1.82) is 0 Å². The van der Waals surface area contributed by atoms with Crippen LogP contribution in [0.4, 0.5) is 5.69 Å². The number of thioether (sulfide) groups is 1. The molecule has 2 rings (SSSR count). The zero-order valence-electron chi connectivity index (χ0n) is 11.6. The van der Waals surface area contributed by atoms with Gasteiger partial charge in [0.1, 0.15) is 0 Å². The Morgan fingerprint density at radius 3 is 2.90 bits per heavy atom. The zero-order valence-corrected chi connectivity index (χ0v) is 13.1. The summed E-state index contributed by atoms with van der Waals surface area (Å²) < 4.78 is 0. The van der Waals surface area contributed by atoms with Crippen LogP contribution >= 0.6 is 23.4 Å². The Hall–Kier alpha value is -1.79. The van der Waals surface area contributed by atoms with Gasteiger partial charge in [0.15, 0.2) is 5.16 Å². The molecule has 0 aliphatic heterocycles. The molecule has 110 valence electrons. The van der Waals surface area contributed by atoms with E-state index in [1.165, 1.54) is 17.8 Å². The Morgan fingerprint density at radius 2 is 2.19 bits per heavy atom. The van der Waals surface area contributed by atoms with Gasteiger partial charge in [-0.2, -0.15) is 0 Å². The molecule has 0 saturated carbocycles. The molecular weight excluding hydrogens is 310 g/mol. The van der Waals surface area contributed by atoms with Crippen LogP contribution in [0.3, 0.4) is 0 Å². The van der Waals surface area contributed by atoms with Gasteiger partial charge >= 0.3 is 0 Å². The van der Waals surface area contributed by atoms with Crippen molar-refractivity contribution >= 4 is 35.0 Å². The quantitative estimate of drug-likeness (QED) is 0.670. The van der Waals surface area contributed by atoms with Crippen molar-refractivity contribution in [2.24, 2.45) is 0 Å². The SMILES string of the molecule is Cc1cc(=O)[nH]c(SCC(=O)Nc2cccc(Cl)c2C)n1. The molecule has 0 saturated heterocycles. The Balaban J connectivity index is 1.99. The number of nitrogens with one attached hydrogen (secondary N) is 2. The minimum absolute atomic E-state index is 0.151. The lowest BCUT2D eigenvalue weighted by atomic mass is 10.2. The van der Waals surface area contributed by atoms with E-state index in [4.69, 9.17) is 11.6 Å². The first-order valence-corrected chi connectivity index (χ1v) is 7.58. The summed E-state index contributed by atoms with van der Waals surface area (Å²) in [6.07, 6.45) is 0. The van der Waals surface area contributed by atoms with Crippen molar-refractivity contribution in [2.45, 2.75) is 19.0 Å². The van der Waals surface area contributed by atoms with Crippen LogP contribution in [0.2, 0.25) is 5.02 Å². The Labute approximate surface area is 131 Å². The maximum Gasteiger partial charge on any atom is 0.251 e. The standard InChI is InChI=1S/C14H14ClN3O2S/c1-8-6-12(19)18-14(16-8)21-7-13(20)17-11-5-3-4-10(15)9(11)2/h3-6H,7H2,1-2H3,(H,17,20)(H,16,18,19). The molecule has 0 aliphatic rings. The number of hydrogen-bond donors (Lipinski definition) is 2. The van der Waals surface area contributed by atoms with Crippen LogP contribution in [-0.4, -0.2) is 21.6 Å². The van der Waals surface area contributed by atoms with Gasteiger partial charge < -0.3 is 10.3 Å². The van der Waals surface area contributed by atoms with Gasteiger partial charge in [-0.1, -0.05) is 29.4 Å². The van der Waals surface area contributed by atoms with E-state index in [0.717, 1.165) is 5.56 Å². The van der Waals surface area contributed by atoms with Crippen LogP contribution in [0.25, 0.3) is 0 Å². The number of nitrogens with zero attached hydrogens (tertiary/aromatic N) is 1. The number of carbonyl (C=O) groups is 1. The minimum Gasteiger partial charge on any atom is -0.325 e. The first kappa shape index (κ1) is 15.6. The normalized spacial score (nSPS) is 10.4. The Morgan fingerprint density at radius 1 is 1.43 bits per heavy atom. The zero-order chi connectivity index (χ0) is 15.4. The van der Waals surface area contributed by atoms with E-state index in [0.29, 0.717) is 21.6 Å². The number of aryl methyl sites for hydroxylation is 1. The van der Waals surface area contributed by atoms with Gasteiger partial charge in [0.2, 0.25) is 5.91 Å². The third-order valence-electron chi connectivity index (χ3n) is 2.73. The highest BCUT2D eigenvalue weighted by atomic mass is 35.5. The Bertz CT molecular complexity index is 730. The molecule has 1 aromatic carbocycles. The van der Waals surface area contributed by atoms with Gasteiger partial charge in [0.05, 0.1) is 5.75 Å². The van der Waals surface area contributed by atoms with Gasteiger partial charge in [-0.25, -0.2) is 4.98 Å². The van der Waals surface area contributed by atoms with Gasteiger partial charge in [0, 0.05) is 22.5 Å². The van der Waals surface area contributed by atoms with E-state index in [1.807, 2.05) is 6.92 Å². The third kappa shape index (κ3) is 4.34. The topological polar surface area (TPSA) is 74.8 Å². The molecule has 0 atom stereocenters. The minimum atomic E-state index is -0.226. The predicted octanol–water partition coefficient (Wildman–Crippen LogP) is 2.77. The number of halogens is 1.